The van der Waals surface area contributed by atoms with E-state index in [1.165, 1.54) is 22.6 Å². The van der Waals surface area contributed by atoms with Crippen molar-refractivity contribution in [1.29, 1.82) is 0 Å². The zero-order chi connectivity index (χ0) is 9.71. The summed E-state index contributed by atoms with van der Waals surface area (Å²) in [6.45, 7) is 6.15. The van der Waals surface area contributed by atoms with Gasteiger partial charge in [0.05, 0.1) is 24.5 Å². The molecule has 2 aliphatic carbocycles. The molecular formula is C12H14N2. The van der Waals surface area contributed by atoms with E-state index < -0.39 is 0 Å². The minimum Gasteiger partial charge on any atom is -0.285 e. The second-order valence-corrected chi connectivity index (χ2v) is 4.33. The highest BCUT2D eigenvalue weighted by Gasteiger charge is 2.43. The first kappa shape index (κ1) is 8.16. The van der Waals surface area contributed by atoms with Gasteiger partial charge in [0.15, 0.2) is 0 Å². The van der Waals surface area contributed by atoms with Crippen molar-refractivity contribution in [2.45, 2.75) is 13.8 Å². The topological polar surface area (TPSA) is 24.7 Å². The number of hydrogen-bond donors (Lipinski definition) is 0. The van der Waals surface area contributed by atoms with Crippen molar-refractivity contribution >= 4 is 11.4 Å². The minimum atomic E-state index is 0.462. The number of allylic oxidation sites excluding steroid dienone is 4. The highest BCUT2D eigenvalue weighted by atomic mass is 14.9. The van der Waals surface area contributed by atoms with E-state index in [4.69, 9.17) is 0 Å². The molecule has 0 aromatic heterocycles. The quantitative estimate of drug-likeness (QED) is 0.517. The fraction of sp³-hybridized carbons (Fsp3) is 0.500. The van der Waals surface area contributed by atoms with Gasteiger partial charge in [-0.1, -0.05) is 17.7 Å². The second-order valence-electron chi connectivity index (χ2n) is 4.33. The van der Waals surface area contributed by atoms with Crippen molar-refractivity contribution in [3.8, 4) is 0 Å². The van der Waals surface area contributed by atoms with Crippen LogP contribution >= 0.6 is 0 Å². The SMILES string of the molecule is CC(C)=C1[C@@H]2C=C[C@H]1C1=NCCN=C12. The Labute approximate surface area is 84.1 Å². The summed E-state index contributed by atoms with van der Waals surface area (Å²) in [6.07, 6.45) is 4.58. The van der Waals surface area contributed by atoms with E-state index in [0.717, 1.165) is 13.1 Å². The van der Waals surface area contributed by atoms with E-state index in [0.29, 0.717) is 11.8 Å². The van der Waals surface area contributed by atoms with Crippen molar-refractivity contribution in [3.63, 3.8) is 0 Å². The third kappa shape index (κ3) is 0.861. The molecule has 2 bridgehead atoms. The van der Waals surface area contributed by atoms with Crippen LogP contribution in [0.15, 0.2) is 33.3 Å². The molecule has 2 nitrogen and oxygen atoms in total. The van der Waals surface area contributed by atoms with Crippen LogP contribution in [0.4, 0.5) is 0 Å². The smallest absolute Gasteiger partial charge is 0.0678 e. The van der Waals surface area contributed by atoms with Gasteiger partial charge in [0.2, 0.25) is 0 Å². The molecule has 0 unspecified atom stereocenters. The molecule has 1 aliphatic heterocycles. The monoisotopic (exact) mass is 186 g/mol. The van der Waals surface area contributed by atoms with Crippen LogP contribution in [0.5, 0.6) is 0 Å². The van der Waals surface area contributed by atoms with Crippen LogP contribution in [-0.4, -0.2) is 24.5 Å². The summed E-state index contributed by atoms with van der Waals surface area (Å²) < 4.78 is 0. The summed E-state index contributed by atoms with van der Waals surface area (Å²) in [5.74, 6) is 0.924. The third-order valence-corrected chi connectivity index (χ3v) is 3.26. The lowest BCUT2D eigenvalue weighted by molar-refractivity contribution is 0.945. The lowest BCUT2D eigenvalue weighted by atomic mass is 9.99. The maximum Gasteiger partial charge on any atom is 0.0678 e. The molecule has 0 N–H and O–H groups in total. The molecule has 0 amide bonds. The maximum atomic E-state index is 4.61. The molecule has 0 saturated heterocycles. The van der Waals surface area contributed by atoms with Gasteiger partial charge in [0.1, 0.15) is 0 Å². The molecule has 72 valence electrons. The van der Waals surface area contributed by atoms with Crippen LogP contribution in [0.1, 0.15) is 13.8 Å². The summed E-state index contributed by atoms with van der Waals surface area (Å²) in [4.78, 5) is 9.21. The second kappa shape index (κ2) is 2.66. The Hall–Kier alpha value is -1.18. The van der Waals surface area contributed by atoms with Gasteiger partial charge in [0.25, 0.3) is 0 Å². The van der Waals surface area contributed by atoms with E-state index in [1.54, 1.807) is 0 Å². The largest absolute Gasteiger partial charge is 0.285 e. The number of rotatable bonds is 0. The van der Waals surface area contributed by atoms with Crippen LogP contribution in [0.2, 0.25) is 0 Å². The van der Waals surface area contributed by atoms with Gasteiger partial charge < -0.3 is 0 Å². The summed E-state index contributed by atoms with van der Waals surface area (Å²) in [7, 11) is 0. The van der Waals surface area contributed by atoms with Crippen LogP contribution in [0.25, 0.3) is 0 Å². The number of nitrogens with zero attached hydrogens (tertiary/aromatic N) is 2. The van der Waals surface area contributed by atoms with Gasteiger partial charge >= 0.3 is 0 Å². The number of aliphatic imine (C=N–C) groups is 2. The van der Waals surface area contributed by atoms with Crippen LogP contribution < -0.4 is 0 Å². The molecule has 1 saturated carbocycles. The normalized spacial score (nSPS) is 32.9. The predicted octanol–water partition coefficient (Wildman–Crippen LogP) is 2.03. The van der Waals surface area contributed by atoms with Crippen LogP contribution in [0.3, 0.4) is 0 Å². The Morgan fingerprint density at radius 2 is 1.57 bits per heavy atom. The van der Waals surface area contributed by atoms with Crippen molar-refractivity contribution in [2.24, 2.45) is 21.8 Å². The van der Waals surface area contributed by atoms with Gasteiger partial charge in [-0.25, -0.2) is 0 Å². The van der Waals surface area contributed by atoms with Gasteiger partial charge in [0, 0.05) is 11.8 Å². The Morgan fingerprint density at radius 3 is 2.00 bits per heavy atom. The average molecular weight is 186 g/mol. The van der Waals surface area contributed by atoms with Crippen molar-refractivity contribution in [3.05, 3.63) is 23.3 Å². The van der Waals surface area contributed by atoms with Gasteiger partial charge in [-0.3, -0.25) is 9.98 Å². The van der Waals surface area contributed by atoms with Crippen LogP contribution in [-0.2, 0) is 0 Å². The molecule has 2 atom stereocenters. The Balaban J connectivity index is 2.19. The molecule has 2 heteroatoms. The Kier molecular flexibility index (Phi) is 1.55. The zero-order valence-corrected chi connectivity index (χ0v) is 8.62. The van der Waals surface area contributed by atoms with Crippen molar-refractivity contribution < 1.29 is 0 Å². The molecule has 0 aromatic carbocycles. The number of fused-ring (bicyclic) bond motifs is 5. The fourth-order valence-electron chi connectivity index (χ4n) is 2.74. The lowest BCUT2D eigenvalue weighted by Crippen LogP contribution is -2.23. The predicted molar refractivity (Wildman–Crippen MR) is 59.1 cm³/mol. The minimum absolute atomic E-state index is 0.462. The van der Waals surface area contributed by atoms with Crippen molar-refractivity contribution in [1.82, 2.24) is 0 Å². The molecule has 1 heterocycles. The van der Waals surface area contributed by atoms with Crippen molar-refractivity contribution in [2.75, 3.05) is 13.1 Å². The first-order valence-electron chi connectivity index (χ1n) is 5.23. The van der Waals surface area contributed by atoms with Crippen LogP contribution in [0, 0.1) is 11.8 Å². The van der Waals surface area contributed by atoms with Gasteiger partial charge in [-0.05, 0) is 19.4 Å². The molecule has 0 spiro atoms. The molecular weight excluding hydrogens is 172 g/mol. The van der Waals surface area contributed by atoms with E-state index in [1.807, 2.05) is 0 Å². The zero-order valence-electron chi connectivity index (χ0n) is 8.62. The van der Waals surface area contributed by atoms with Gasteiger partial charge in [-0.15, -0.1) is 0 Å². The number of hydrogen-bond acceptors (Lipinski definition) is 2. The van der Waals surface area contributed by atoms with E-state index in [2.05, 4.69) is 36.0 Å². The van der Waals surface area contributed by atoms with Gasteiger partial charge in [-0.2, -0.15) is 0 Å². The maximum absolute atomic E-state index is 4.61. The molecule has 3 aliphatic rings. The summed E-state index contributed by atoms with van der Waals surface area (Å²) in [5, 5.41) is 0. The Morgan fingerprint density at radius 1 is 1.07 bits per heavy atom. The average Bonchev–Trinajstić information content (AvgIpc) is 2.73. The molecule has 0 aromatic rings. The first-order chi connectivity index (χ1) is 6.79. The van der Waals surface area contributed by atoms with E-state index in [-0.39, 0.29) is 0 Å². The first-order valence-corrected chi connectivity index (χ1v) is 5.23. The molecule has 3 rings (SSSR count). The highest BCUT2D eigenvalue weighted by molar-refractivity contribution is 6.49. The summed E-state index contributed by atoms with van der Waals surface area (Å²) in [5.41, 5.74) is 5.47. The Bertz CT molecular complexity index is 374. The summed E-state index contributed by atoms with van der Waals surface area (Å²) in [6, 6.07) is 0. The van der Waals surface area contributed by atoms with E-state index in [9.17, 15) is 0 Å². The molecule has 0 radical (unpaired) electrons. The molecule has 14 heavy (non-hydrogen) atoms. The summed E-state index contributed by atoms with van der Waals surface area (Å²) >= 11 is 0. The third-order valence-electron chi connectivity index (χ3n) is 3.26. The highest BCUT2D eigenvalue weighted by Crippen LogP contribution is 2.42. The van der Waals surface area contributed by atoms with E-state index >= 15 is 0 Å². The standard InChI is InChI=1S/C12H14N2/c1-7(2)10-8-3-4-9(10)12-11(8)13-5-6-14-12/h3-4,8-9H,5-6H2,1-2H3/t8-,9+. The lowest BCUT2D eigenvalue weighted by Gasteiger charge is -2.13. The fourth-order valence-corrected chi connectivity index (χ4v) is 2.74. The molecule has 1 fully saturated rings.